The summed E-state index contributed by atoms with van der Waals surface area (Å²) in [4.78, 5) is 0.373. The van der Waals surface area contributed by atoms with Gasteiger partial charge in [0.1, 0.15) is 4.90 Å². The molecular formula is C11H17N3O3S. The Bertz CT molecular complexity index is 546. The van der Waals surface area contributed by atoms with Crippen LogP contribution in [0.3, 0.4) is 0 Å². The van der Waals surface area contributed by atoms with E-state index < -0.39 is 15.1 Å². The average Bonchev–Trinajstić information content (AvgIpc) is 2.97. The summed E-state index contributed by atoms with van der Waals surface area (Å²) in [5, 5.41) is 7.06. The Kier molecular flexibility index (Phi) is 2.91. The molecule has 3 rings (SSSR count). The molecule has 2 aliphatic heterocycles. The largest absolute Gasteiger partial charge is 0.380 e. The van der Waals surface area contributed by atoms with E-state index in [1.54, 1.807) is 4.68 Å². The highest BCUT2D eigenvalue weighted by molar-refractivity contribution is 7.92. The van der Waals surface area contributed by atoms with E-state index >= 15 is 0 Å². The molecule has 1 aromatic rings. The lowest BCUT2D eigenvalue weighted by molar-refractivity contribution is 0.198. The van der Waals surface area contributed by atoms with Crippen LogP contribution in [0.2, 0.25) is 0 Å². The van der Waals surface area contributed by atoms with Gasteiger partial charge in [-0.2, -0.15) is 5.10 Å². The standard InChI is InChI=1S/C11H17N3O3S/c1-8-6-14-10(4-12-8)11(5-13-14)18(15,16)9-2-3-17-7-9/h5,8-9,12H,2-4,6-7H2,1H3/t8-,9?/m0/s1. The second-order valence-electron chi connectivity index (χ2n) is 4.95. The van der Waals surface area contributed by atoms with E-state index in [9.17, 15) is 8.42 Å². The van der Waals surface area contributed by atoms with Gasteiger partial charge in [-0.25, -0.2) is 8.42 Å². The van der Waals surface area contributed by atoms with Crippen molar-refractivity contribution in [2.75, 3.05) is 13.2 Å². The Labute approximate surface area is 106 Å². The van der Waals surface area contributed by atoms with Gasteiger partial charge >= 0.3 is 0 Å². The highest BCUT2D eigenvalue weighted by Gasteiger charge is 2.35. The number of nitrogens with zero attached hydrogens (tertiary/aromatic N) is 2. The highest BCUT2D eigenvalue weighted by Crippen LogP contribution is 2.26. The van der Waals surface area contributed by atoms with Crippen LogP contribution in [-0.2, 0) is 27.7 Å². The van der Waals surface area contributed by atoms with Crippen LogP contribution in [0.15, 0.2) is 11.1 Å². The minimum Gasteiger partial charge on any atom is -0.380 e. The molecule has 0 radical (unpaired) electrons. The smallest absolute Gasteiger partial charge is 0.187 e. The van der Waals surface area contributed by atoms with Gasteiger partial charge in [0.05, 0.1) is 30.3 Å². The molecule has 6 nitrogen and oxygen atoms in total. The summed E-state index contributed by atoms with van der Waals surface area (Å²) in [5.41, 5.74) is 0.778. The van der Waals surface area contributed by atoms with Crippen LogP contribution in [0.4, 0.5) is 0 Å². The molecule has 2 atom stereocenters. The maximum atomic E-state index is 12.5. The van der Waals surface area contributed by atoms with Gasteiger partial charge in [0.15, 0.2) is 9.84 Å². The third-order valence-corrected chi connectivity index (χ3v) is 5.81. The number of hydrogen-bond acceptors (Lipinski definition) is 5. The van der Waals surface area contributed by atoms with Crippen LogP contribution >= 0.6 is 0 Å². The summed E-state index contributed by atoms with van der Waals surface area (Å²) < 4.78 is 32.0. The van der Waals surface area contributed by atoms with Crippen LogP contribution in [0.25, 0.3) is 0 Å². The molecule has 0 aromatic carbocycles. The lowest BCUT2D eigenvalue weighted by atomic mass is 10.2. The van der Waals surface area contributed by atoms with E-state index in [0.29, 0.717) is 43.7 Å². The van der Waals surface area contributed by atoms with E-state index in [4.69, 9.17) is 4.74 Å². The molecule has 7 heteroatoms. The fourth-order valence-electron chi connectivity index (χ4n) is 2.50. The zero-order chi connectivity index (χ0) is 12.8. The van der Waals surface area contributed by atoms with Crippen molar-refractivity contribution in [3.05, 3.63) is 11.9 Å². The van der Waals surface area contributed by atoms with Gasteiger partial charge in [0.25, 0.3) is 0 Å². The maximum Gasteiger partial charge on any atom is 0.187 e. The Hall–Kier alpha value is -0.920. The van der Waals surface area contributed by atoms with E-state index in [1.807, 2.05) is 0 Å². The lowest BCUT2D eigenvalue weighted by Gasteiger charge is -2.22. The van der Waals surface area contributed by atoms with Crippen molar-refractivity contribution in [2.45, 2.75) is 42.6 Å². The number of rotatable bonds is 2. The van der Waals surface area contributed by atoms with Crippen molar-refractivity contribution in [1.82, 2.24) is 15.1 Å². The zero-order valence-corrected chi connectivity index (χ0v) is 11.1. The van der Waals surface area contributed by atoms with Crippen LogP contribution in [0.1, 0.15) is 19.0 Å². The first kappa shape index (κ1) is 12.1. The zero-order valence-electron chi connectivity index (χ0n) is 10.3. The van der Waals surface area contributed by atoms with Gasteiger partial charge in [-0.15, -0.1) is 0 Å². The Morgan fingerprint density at radius 2 is 2.39 bits per heavy atom. The number of nitrogens with one attached hydrogen (secondary N) is 1. The van der Waals surface area contributed by atoms with E-state index in [-0.39, 0.29) is 0 Å². The summed E-state index contributed by atoms with van der Waals surface area (Å²) in [6, 6.07) is 0.322. The highest BCUT2D eigenvalue weighted by atomic mass is 32.2. The van der Waals surface area contributed by atoms with Gasteiger partial charge in [0, 0.05) is 19.2 Å². The molecule has 1 saturated heterocycles. The molecule has 0 spiro atoms. The first-order valence-corrected chi connectivity index (χ1v) is 7.73. The van der Waals surface area contributed by atoms with Crippen LogP contribution in [-0.4, -0.2) is 42.7 Å². The van der Waals surface area contributed by atoms with Crippen molar-refractivity contribution in [3.8, 4) is 0 Å². The molecule has 1 fully saturated rings. The predicted octanol–water partition coefficient (Wildman–Crippen LogP) is -0.0626. The molecule has 1 N–H and O–H groups in total. The monoisotopic (exact) mass is 271 g/mol. The minimum absolute atomic E-state index is 0.302. The minimum atomic E-state index is -3.30. The summed E-state index contributed by atoms with van der Waals surface area (Å²) in [6.07, 6.45) is 2.07. The Morgan fingerprint density at radius 1 is 1.56 bits per heavy atom. The molecular weight excluding hydrogens is 254 g/mol. The van der Waals surface area contributed by atoms with Crippen LogP contribution in [0, 0.1) is 0 Å². The van der Waals surface area contributed by atoms with Crippen molar-refractivity contribution in [2.24, 2.45) is 0 Å². The molecule has 18 heavy (non-hydrogen) atoms. The fourth-order valence-corrected chi connectivity index (χ4v) is 4.24. The molecule has 100 valence electrons. The van der Waals surface area contributed by atoms with Gasteiger partial charge in [-0.1, -0.05) is 0 Å². The van der Waals surface area contributed by atoms with Gasteiger partial charge in [-0.05, 0) is 13.3 Å². The third kappa shape index (κ3) is 1.86. The number of fused-ring (bicyclic) bond motifs is 1. The molecule has 0 amide bonds. The first-order valence-electron chi connectivity index (χ1n) is 6.19. The van der Waals surface area contributed by atoms with Crippen LogP contribution in [0.5, 0.6) is 0 Å². The Balaban J connectivity index is 1.98. The van der Waals surface area contributed by atoms with Crippen molar-refractivity contribution in [1.29, 1.82) is 0 Å². The van der Waals surface area contributed by atoms with Crippen LogP contribution < -0.4 is 5.32 Å². The number of hydrogen-bond donors (Lipinski definition) is 1. The van der Waals surface area contributed by atoms with Gasteiger partial charge in [-0.3, -0.25) is 4.68 Å². The topological polar surface area (TPSA) is 73.2 Å². The number of sulfone groups is 1. The average molecular weight is 271 g/mol. The van der Waals surface area contributed by atoms with Gasteiger partial charge < -0.3 is 10.1 Å². The van der Waals surface area contributed by atoms with E-state index in [2.05, 4.69) is 17.3 Å². The lowest BCUT2D eigenvalue weighted by Crippen LogP contribution is -2.37. The predicted molar refractivity (Wildman–Crippen MR) is 64.9 cm³/mol. The van der Waals surface area contributed by atoms with Crippen molar-refractivity contribution in [3.63, 3.8) is 0 Å². The maximum absolute atomic E-state index is 12.5. The Morgan fingerprint density at radius 3 is 3.11 bits per heavy atom. The van der Waals surface area contributed by atoms with E-state index in [0.717, 1.165) is 5.69 Å². The first-order chi connectivity index (χ1) is 8.59. The van der Waals surface area contributed by atoms with Gasteiger partial charge in [0.2, 0.25) is 0 Å². The quantitative estimate of drug-likeness (QED) is 0.815. The molecule has 3 heterocycles. The molecule has 1 aromatic heterocycles. The second-order valence-corrected chi connectivity index (χ2v) is 7.15. The van der Waals surface area contributed by atoms with Crippen molar-refractivity contribution < 1.29 is 13.2 Å². The van der Waals surface area contributed by atoms with Crippen molar-refractivity contribution >= 4 is 9.84 Å². The summed E-state index contributed by atoms with van der Waals surface area (Å²) in [5.74, 6) is 0. The summed E-state index contributed by atoms with van der Waals surface area (Å²) in [7, 11) is -3.30. The third-order valence-electron chi connectivity index (χ3n) is 3.61. The normalized spacial score (nSPS) is 28.3. The SMILES string of the molecule is C[C@H]1Cn2ncc(S(=O)(=O)C3CCOC3)c2CN1. The molecule has 2 aliphatic rings. The van der Waals surface area contributed by atoms with E-state index in [1.165, 1.54) is 6.20 Å². The molecule has 0 aliphatic carbocycles. The summed E-state index contributed by atoms with van der Waals surface area (Å²) in [6.45, 7) is 4.17. The molecule has 0 bridgehead atoms. The molecule has 0 saturated carbocycles. The summed E-state index contributed by atoms with van der Waals surface area (Å²) >= 11 is 0. The number of ether oxygens (including phenoxy) is 1. The second kappa shape index (κ2) is 4.32. The number of aromatic nitrogens is 2. The molecule has 1 unspecified atom stereocenters. The fraction of sp³-hybridized carbons (Fsp3) is 0.727.